The summed E-state index contributed by atoms with van der Waals surface area (Å²) in [5.74, 6) is -5.49. The maximum atomic E-state index is 15.3. The highest BCUT2D eigenvalue weighted by Crippen LogP contribution is 2.40. The molecule has 0 aliphatic heterocycles. The summed E-state index contributed by atoms with van der Waals surface area (Å²) >= 11 is 0. The minimum Gasteiger partial charge on any atom is -0.378 e. The van der Waals surface area contributed by atoms with Gasteiger partial charge in [-0.15, -0.1) is 0 Å². The van der Waals surface area contributed by atoms with Crippen LogP contribution in [0.15, 0.2) is 54.6 Å². The number of benzene rings is 2. The van der Waals surface area contributed by atoms with Gasteiger partial charge >= 0.3 is 6.18 Å². The molecule has 0 unspecified atom stereocenters. The molecule has 0 spiro atoms. The van der Waals surface area contributed by atoms with Crippen LogP contribution in [0.1, 0.15) is 61.5 Å². The largest absolute Gasteiger partial charge is 0.422 e. The molecule has 43 heavy (non-hydrogen) atoms. The van der Waals surface area contributed by atoms with Crippen molar-refractivity contribution >= 4 is 5.69 Å². The molecule has 4 rings (SSSR count). The molecule has 0 aliphatic rings. The van der Waals surface area contributed by atoms with Crippen molar-refractivity contribution in [2.75, 3.05) is 19.0 Å². The lowest BCUT2D eigenvalue weighted by Crippen LogP contribution is -2.28. The Morgan fingerprint density at radius 3 is 1.91 bits per heavy atom. The van der Waals surface area contributed by atoms with Gasteiger partial charge in [0.25, 0.3) is 0 Å². The van der Waals surface area contributed by atoms with Gasteiger partial charge in [-0.05, 0) is 56.3 Å². The van der Waals surface area contributed by atoms with E-state index in [-0.39, 0.29) is 11.3 Å². The lowest BCUT2D eigenvalue weighted by molar-refractivity contribution is -0.142. The molecule has 4 aromatic rings. The highest BCUT2D eigenvalue weighted by atomic mass is 19.4. The summed E-state index contributed by atoms with van der Waals surface area (Å²) in [6.45, 7) is 6.87. The number of nitrogens with zero attached hydrogens (tertiary/aromatic N) is 4. The number of nitriles is 1. The molecule has 0 atom stereocenters. The first-order valence-corrected chi connectivity index (χ1v) is 13.0. The SMILES string of the molecule is CN(C)c1cc(C(C)(C)c2cccc(-c3ccc(F)c(C(F)(F)F)c3F)n2)nc(C(C)(C)c2ccc(F)c(C#N)c2F)c1. The van der Waals surface area contributed by atoms with Gasteiger partial charge in [-0.25, -0.2) is 17.6 Å². The van der Waals surface area contributed by atoms with Gasteiger partial charge in [0.2, 0.25) is 0 Å². The zero-order valence-electron chi connectivity index (χ0n) is 24.1. The molecule has 0 N–H and O–H groups in total. The number of anilines is 1. The van der Waals surface area contributed by atoms with Crippen LogP contribution in [-0.4, -0.2) is 24.1 Å². The second-order valence-electron chi connectivity index (χ2n) is 11.3. The van der Waals surface area contributed by atoms with Crippen molar-refractivity contribution in [1.29, 1.82) is 5.26 Å². The van der Waals surface area contributed by atoms with Crippen LogP contribution in [0, 0.1) is 34.6 Å². The van der Waals surface area contributed by atoms with E-state index in [1.807, 2.05) is 0 Å². The normalized spacial score (nSPS) is 12.3. The average Bonchev–Trinajstić information content (AvgIpc) is 2.92. The molecule has 2 aromatic heterocycles. The molecule has 0 amide bonds. The van der Waals surface area contributed by atoms with E-state index in [9.17, 15) is 31.6 Å². The van der Waals surface area contributed by atoms with E-state index >= 15 is 4.39 Å². The quantitative estimate of drug-likeness (QED) is 0.209. The predicted molar refractivity (Wildman–Crippen MR) is 148 cm³/mol. The Kier molecular flexibility index (Phi) is 8.04. The summed E-state index contributed by atoms with van der Waals surface area (Å²) < 4.78 is 98.4. The minimum absolute atomic E-state index is 0.0463. The molecular formula is C32H27F7N4. The van der Waals surface area contributed by atoms with Crippen molar-refractivity contribution in [3.63, 3.8) is 0 Å². The van der Waals surface area contributed by atoms with Gasteiger partial charge in [-0.2, -0.15) is 18.4 Å². The third-order valence-corrected chi connectivity index (χ3v) is 7.52. The Labute approximate surface area is 244 Å². The Morgan fingerprint density at radius 1 is 0.721 bits per heavy atom. The van der Waals surface area contributed by atoms with E-state index in [1.54, 1.807) is 71.0 Å². The van der Waals surface area contributed by atoms with Crippen molar-refractivity contribution in [2.45, 2.75) is 44.7 Å². The van der Waals surface area contributed by atoms with E-state index in [1.165, 1.54) is 18.2 Å². The summed E-state index contributed by atoms with van der Waals surface area (Å²) in [5, 5.41) is 9.29. The second-order valence-corrected chi connectivity index (χ2v) is 11.3. The molecule has 0 fully saturated rings. The third kappa shape index (κ3) is 5.66. The number of hydrogen-bond acceptors (Lipinski definition) is 4. The summed E-state index contributed by atoms with van der Waals surface area (Å²) in [6.07, 6.45) is -5.25. The molecule has 4 nitrogen and oxygen atoms in total. The van der Waals surface area contributed by atoms with E-state index in [4.69, 9.17) is 4.98 Å². The van der Waals surface area contributed by atoms with Crippen LogP contribution in [0.4, 0.5) is 36.4 Å². The molecule has 0 radical (unpaired) electrons. The van der Waals surface area contributed by atoms with E-state index in [2.05, 4.69) is 4.98 Å². The Morgan fingerprint density at radius 2 is 1.33 bits per heavy atom. The van der Waals surface area contributed by atoms with Crippen LogP contribution < -0.4 is 4.90 Å². The lowest BCUT2D eigenvalue weighted by Gasteiger charge is -2.31. The number of pyridine rings is 2. The van der Waals surface area contributed by atoms with Gasteiger partial charge < -0.3 is 4.90 Å². The molecule has 0 saturated heterocycles. The lowest BCUT2D eigenvalue weighted by atomic mass is 9.78. The summed E-state index contributed by atoms with van der Waals surface area (Å²) in [4.78, 5) is 11.1. The monoisotopic (exact) mass is 600 g/mol. The average molecular weight is 601 g/mol. The van der Waals surface area contributed by atoms with Gasteiger partial charge in [0.05, 0.1) is 22.8 Å². The van der Waals surface area contributed by atoms with Crippen molar-refractivity contribution in [2.24, 2.45) is 0 Å². The topological polar surface area (TPSA) is 52.8 Å². The Balaban J connectivity index is 1.88. The highest BCUT2D eigenvalue weighted by molar-refractivity contribution is 5.62. The predicted octanol–water partition coefficient (Wildman–Crippen LogP) is 8.31. The number of halogens is 7. The van der Waals surface area contributed by atoms with Crippen LogP contribution in [0.2, 0.25) is 0 Å². The van der Waals surface area contributed by atoms with Crippen molar-refractivity contribution in [3.05, 3.63) is 112 Å². The van der Waals surface area contributed by atoms with Gasteiger partial charge in [0.15, 0.2) is 0 Å². The smallest absolute Gasteiger partial charge is 0.378 e. The fourth-order valence-electron chi connectivity index (χ4n) is 4.76. The van der Waals surface area contributed by atoms with Crippen LogP contribution in [0.25, 0.3) is 11.3 Å². The maximum Gasteiger partial charge on any atom is 0.422 e. The first-order valence-electron chi connectivity index (χ1n) is 13.0. The van der Waals surface area contributed by atoms with E-state index in [0.29, 0.717) is 28.8 Å². The first-order chi connectivity index (χ1) is 19.9. The van der Waals surface area contributed by atoms with Gasteiger partial charge in [0.1, 0.15) is 40.5 Å². The highest BCUT2D eigenvalue weighted by Gasteiger charge is 2.39. The van der Waals surface area contributed by atoms with Gasteiger partial charge in [-0.3, -0.25) is 9.97 Å². The zero-order chi connectivity index (χ0) is 32.1. The Hall–Kier alpha value is -4.46. The molecule has 0 aliphatic carbocycles. The van der Waals surface area contributed by atoms with Crippen LogP contribution >= 0.6 is 0 Å². The first kappa shape index (κ1) is 31.5. The number of alkyl halides is 3. The van der Waals surface area contributed by atoms with Gasteiger partial charge in [-0.1, -0.05) is 26.0 Å². The van der Waals surface area contributed by atoms with E-state index < -0.39 is 57.0 Å². The fourth-order valence-corrected chi connectivity index (χ4v) is 4.76. The summed E-state index contributed by atoms with van der Waals surface area (Å²) in [5.41, 5.74) is -3.72. The van der Waals surface area contributed by atoms with E-state index in [0.717, 1.165) is 12.1 Å². The van der Waals surface area contributed by atoms with Crippen molar-refractivity contribution in [1.82, 2.24) is 9.97 Å². The number of hydrogen-bond donors (Lipinski definition) is 0. The fraction of sp³-hybridized carbons (Fsp3) is 0.281. The molecule has 11 heteroatoms. The standard InChI is InChI=1S/C32H27F7N4/c1-30(2,20-11-13-21(33)19(16-40)28(20)35)25-14-17(43(5)6)15-26(42-25)31(3,4)24-9-7-8-23(41-24)18-10-12-22(34)27(29(18)36)32(37,38)39/h7-15H,1-6H3. The molecular weight excluding hydrogens is 573 g/mol. The molecule has 0 bridgehead atoms. The minimum atomic E-state index is -5.25. The van der Waals surface area contributed by atoms with Crippen molar-refractivity contribution in [3.8, 4) is 17.3 Å². The van der Waals surface area contributed by atoms with Crippen molar-refractivity contribution < 1.29 is 30.7 Å². The van der Waals surface area contributed by atoms with Crippen LogP contribution in [0.5, 0.6) is 0 Å². The van der Waals surface area contributed by atoms with Gasteiger partial charge in [0, 0.05) is 41.7 Å². The number of aromatic nitrogens is 2. The van der Waals surface area contributed by atoms with Crippen LogP contribution in [-0.2, 0) is 17.0 Å². The molecule has 2 aromatic carbocycles. The number of rotatable bonds is 6. The third-order valence-electron chi connectivity index (χ3n) is 7.52. The summed E-state index contributed by atoms with van der Waals surface area (Å²) in [6, 6.07) is 13.2. The second kappa shape index (κ2) is 11.0. The Bertz CT molecular complexity index is 1750. The maximum absolute atomic E-state index is 15.3. The molecule has 0 saturated carbocycles. The molecule has 2 heterocycles. The molecule has 224 valence electrons. The van der Waals surface area contributed by atoms with Crippen LogP contribution in [0.3, 0.4) is 0 Å². The zero-order valence-corrected chi connectivity index (χ0v) is 24.1. The summed E-state index contributed by atoms with van der Waals surface area (Å²) in [7, 11) is 3.56.